The molecule has 3 rings (SSSR count). The zero-order chi connectivity index (χ0) is 21.0. The Kier molecular flexibility index (Phi) is 5.95. The number of carbonyl (C=O) groups excluding carboxylic acids is 1. The second-order valence-corrected chi connectivity index (χ2v) is 7.47. The molecule has 29 heavy (non-hydrogen) atoms. The van der Waals surface area contributed by atoms with Gasteiger partial charge in [0.1, 0.15) is 11.6 Å². The molecule has 2 aromatic heterocycles. The van der Waals surface area contributed by atoms with Crippen LogP contribution in [0.5, 0.6) is 0 Å². The molecule has 9 heteroatoms. The molecule has 0 spiro atoms. The summed E-state index contributed by atoms with van der Waals surface area (Å²) in [4.78, 5) is 20.9. The number of benzene rings is 1. The van der Waals surface area contributed by atoms with Gasteiger partial charge in [0.05, 0.1) is 22.8 Å². The molecule has 2 heterocycles. The lowest BCUT2D eigenvalue weighted by Gasteiger charge is -2.32. The molecule has 1 aromatic carbocycles. The van der Waals surface area contributed by atoms with Crippen LogP contribution in [0.15, 0.2) is 30.6 Å². The molecule has 0 aliphatic carbocycles. The molecule has 8 nitrogen and oxygen atoms in total. The van der Waals surface area contributed by atoms with E-state index in [1.165, 1.54) is 18.3 Å². The maximum atomic E-state index is 13.6. The van der Waals surface area contributed by atoms with Crippen molar-refractivity contribution < 1.29 is 9.18 Å². The van der Waals surface area contributed by atoms with E-state index in [0.29, 0.717) is 28.8 Å². The molecule has 0 fully saturated rings. The van der Waals surface area contributed by atoms with Crippen LogP contribution in [-0.2, 0) is 7.05 Å². The highest BCUT2D eigenvalue weighted by Crippen LogP contribution is 2.27. The van der Waals surface area contributed by atoms with Gasteiger partial charge in [0.2, 0.25) is 5.95 Å². The minimum atomic E-state index is -0.490. The predicted molar refractivity (Wildman–Crippen MR) is 111 cm³/mol. The third kappa shape index (κ3) is 4.98. The summed E-state index contributed by atoms with van der Waals surface area (Å²) in [6.45, 7) is 4.49. The number of nitrogen functional groups attached to an aromatic ring is 1. The van der Waals surface area contributed by atoms with Crippen LogP contribution in [0, 0.1) is 5.82 Å². The van der Waals surface area contributed by atoms with Crippen molar-refractivity contribution in [2.24, 2.45) is 7.05 Å². The van der Waals surface area contributed by atoms with E-state index in [1.54, 1.807) is 24.0 Å². The van der Waals surface area contributed by atoms with E-state index in [1.807, 2.05) is 6.92 Å². The normalized spacial score (nSPS) is 13.2. The number of fused-ring (bicyclic) bond motifs is 1. The zero-order valence-electron chi connectivity index (χ0n) is 16.9. The number of hydrogen-bond acceptors (Lipinski definition) is 6. The van der Waals surface area contributed by atoms with E-state index in [4.69, 9.17) is 5.73 Å². The van der Waals surface area contributed by atoms with Crippen molar-refractivity contribution in [1.82, 2.24) is 25.1 Å². The molecule has 1 atom stereocenters. The minimum Gasteiger partial charge on any atom is -0.368 e. The molecule has 0 saturated heterocycles. The number of nitrogens with two attached hydrogens (primary N) is 1. The summed E-state index contributed by atoms with van der Waals surface area (Å²) in [5, 5.41) is 11.1. The number of aromatic nitrogens is 4. The van der Waals surface area contributed by atoms with Gasteiger partial charge in [-0.3, -0.25) is 9.48 Å². The zero-order valence-corrected chi connectivity index (χ0v) is 16.9. The van der Waals surface area contributed by atoms with Crippen molar-refractivity contribution >= 4 is 28.6 Å². The quantitative estimate of drug-likeness (QED) is 0.537. The molecule has 0 saturated carbocycles. The number of unbranched alkanes of at least 4 members (excludes halogenated alkanes) is 1. The van der Waals surface area contributed by atoms with Crippen LogP contribution in [-0.4, -0.2) is 37.7 Å². The number of hydrogen-bond donors (Lipinski definition) is 3. The molecule has 0 bridgehead atoms. The lowest BCUT2D eigenvalue weighted by molar-refractivity contribution is 0.0945. The molecule has 1 amide bonds. The molecule has 154 valence electrons. The fourth-order valence-electron chi connectivity index (χ4n) is 3.18. The van der Waals surface area contributed by atoms with Gasteiger partial charge < -0.3 is 16.4 Å². The van der Waals surface area contributed by atoms with E-state index in [-0.39, 0.29) is 17.7 Å². The number of carbonyl (C=O) groups is 1. The molecular weight excluding hydrogens is 373 g/mol. The van der Waals surface area contributed by atoms with E-state index < -0.39 is 5.54 Å². The average Bonchev–Trinajstić information content (AvgIpc) is 3.10. The average molecular weight is 399 g/mol. The third-order valence-corrected chi connectivity index (χ3v) is 4.78. The number of amides is 1. The van der Waals surface area contributed by atoms with Crippen LogP contribution in [0.1, 0.15) is 43.5 Å². The van der Waals surface area contributed by atoms with Crippen molar-refractivity contribution in [2.75, 3.05) is 17.6 Å². The van der Waals surface area contributed by atoms with Gasteiger partial charge in [0.25, 0.3) is 5.91 Å². The van der Waals surface area contributed by atoms with E-state index in [9.17, 15) is 9.18 Å². The van der Waals surface area contributed by atoms with Crippen molar-refractivity contribution in [3.63, 3.8) is 0 Å². The van der Waals surface area contributed by atoms with Crippen molar-refractivity contribution in [3.8, 4) is 0 Å². The molecule has 3 aromatic rings. The van der Waals surface area contributed by atoms with Crippen molar-refractivity contribution in [1.29, 1.82) is 0 Å². The second-order valence-electron chi connectivity index (χ2n) is 7.47. The highest BCUT2D eigenvalue weighted by atomic mass is 19.1. The first kappa shape index (κ1) is 20.5. The Labute approximate surface area is 168 Å². The Morgan fingerprint density at radius 1 is 1.34 bits per heavy atom. The first-order chi connectivity index (χ1) is 13.8. The van der Waals surface area contributed by atoms with Crippen LogP contribution < -0.4 is 16.4 Å². The Morgan fingerprint density at radius 2 is 2.14 bits per heavy atom. The molecule has 1 unspecified atom stereocenters. The topological polar surface area (TPSA) is 111 Å². The standard InChI is InChI=1S/C20H26FN7O/c1-4-5-8-20(2,12-23-18(29)13-10-24-28(3)11-13)27-17-15-7-6-14(21)9-16(15)25-19(22)26-17/h6-7,9-11H,4-5,8,12H2,1-3H3,(H,23,29)(H3,22,25,26,27). The maximum Gasteiger partial charge on any atom is 0.254 e. The number of rotatable bonds is 8. The van der Waals surface area contributed by atoms with Gasteiger partial charge in [-0.05, 0) is 25.5 Å². The first-order valence-electron chi connectivity index (χ1n) is 9.57. The van der Waals surface area contributed by atoms with Gasteiger partial charge in [-0.2, -0.15) is 10.1 Å². The van der Waals surface area contributed by atoms with Gasteiger partial charge in [-0.1, -0.05) is 19.8 Å². The van der Waals surface area contributed by atoms with Gasteiger partial charge in [0.15, 0.2) is 0 Å². The van der Waals surface area contributed by atoms with Crippen LogP contribution in [0.2, 0.25) is 0 Å². The Hall–Kier alpha value is -3.23. The minimum absolute atomic E-state index is 0.0582. The number of halogens is 1. The van der Waals surface area contributed by atoms with Crippen LogP contribution in [0.25, 0.3) is 10.9 Å². The maximum absolute atomic E-state index is 13.6. The molecule has 4 N–H and O–H groups in total. The predicted octanol–water partition coefficient (Wildman–Crippen LogP) is 2.88. The Balaban J connectivity index is 1.84. The summed E-state index contributed by atoms with van der Waals surface area (Å²) in [7, 11) is 1.76. The number of anilines is 2. The smallest absolute Gasteiger partial charge is 0.254 e. The fourth-order valence-corrected chi connectivity index (χ4v) is 3.18. The van der Waals surface area contributed by atoms with Crippen LogP contribution >= 0.6 is 0 Å². The van der Waals surface area contributed by atoms with Gasteiger partial charge in [0, 0.05) is 31.2 Å². The number of nitrogens with zero attached hydrogens (tertiary/aromatic N) is 4. The summed E-state index contributed by atoms with van der Waals surface area (Å²) in [6.07, 6.45) is 5.95. The SMILES string of the molecule is CCCCC(C)(CNC(=O)c1cnn(C)c1)Nc1nc(N)nc2cc(F)ccc12. The molecule has 0 aliphatic rings. The van der Waals surface area contributed by atoms with Crippen LogP contribution in [0.4, 0.5) is 16.2 Å². The summed E-state index contributed by atoms with van der Waals surface area (Å²) < 4.78 is 15.2. The Bertz CT molecular complexity index is 1010. The first-order valence-corrected chi connectivity index (χ1v) is 9.57. The van der Waals surface area contributed by atoms with Crippen LogP contribution in [0.3, 0.4) is 0 Å². The van der Waals surface area contributed by atoms with E-state index >= 15 is 0 Å². The Morgan fingerprint density at radius 3 is 2.83 bits per heavy atom. The van der Waals surface area contributed by atoms with E-state index in [2.05, 4.69) is 32.6 Å². The fraction of sp³-hybridized carbons (Fsp3) is 0.400. The highest BCUT2D eigenvalue weighted by molar-refractivity contribution is 5.94. The molecule has 0 radical (unpaired) electrons. The monoisotopic (exact) mass is 399 g/mol. The lowest BCUT2D eigenvalue weighted by Crippen LogP contribution is -2.46. The van der Waals surface area contributed by atoms with Gasteiger partial charge in [-0.25, -0.2) is 9.37 Å². The number of aryl methyl sites for hydroxylation is 1. The summed E-state index contributed by atoms with van der Waals surface area (Å²) >= 11 is 0. The van der Waals surface area contributed by atoms with E-state index in [0.717, 1.165) is 19.3 Å². The molecular formula is C20H26FN7O. The summed E-state index contributed by atoms with van der Waals surface area (Å²) in [6, 6.07) is 4.31. The lowest BCUT2D eigenvalue weighted by atomic mass is 9.94. The van der Waals surface area contributed by atoms with Gasteiger partial charge in [-0.15, -0.1) is 0 Å². The van der Waals surface area contributed by atoms with Crippen molar-refractivity contribution in [3.05, 3.63) is 42.0 Å². The molecule has 0 aliphatic heterocycles. The largest absolute Gasteiger partial charge is 0.368 e. The summed E-state index contributed by atoms with van der Waals surface area (Å²) in [5.41, 5.74) is 6.27. The van der Waals surface area contributed by atoms with Crippen molar-refractivity contribution in [2.45, 2.75) is 38.6 Å². The number of nitrogens with one attached hydrogen (secondary N) is 2. The summed E-state index contributed by atoms with van der Waals surface area (Å²) in [5.74, 6) is -0.0136. The van der Waals surface area contributed by atoms with Gasteiger partial charge >= 0.3 is 0 Å². The second kappa shape index (κ2) is 8.42. The highest BCUT2D eigenvalue weighted by Gasteiger charge is 2.26. The third-order valence-electron chi connectivity index (χ3n) is 4.78.